The summed E-state index contributed by atoms with van der Waals surface area (Å²) in [7, 11) is 0. The van der Waals surface area contributed by atoms with Gasteiger partial charge in [-0.2, -0.15) is 0 Å². The lowest BCUT2D eigenvalue weighted by Gasteiger charge is -2.40. The van der Waals surface area contributed by atoms with Crippen molar-refractivity contribution in [1.82, 2.24) is 19.5 Å². The molecule has 0 unspecified atom stereocenters. The van der Waals surface area contributed by atoms with Gasteiger partial charge in [0.05, 0.1) is 11.9 Å². The summed E-state index contributed by atoms with van der Waals surface area (Å²) in [6, 6.07) is 10.2. The van der Waals surface area contributed by atoms with E-state index in [1.165, 1.54) is 12.8 Å². The van der Waals surface area contributed by atoms with Crippen molar-refractivity contribution < 1.29 is 4.79 Å². The van der Waals surface area contributed by atoms with Crippen LogP contribution >= 0.6 is 11.3 Å². The molecule has 31 heavy (non-hydrogen) atoms. The maximum Gasteiger partial charge on any atom is 0.322 e. The second-order valence-electron chi connectivity index (χ2n) is 8.72. The Kier molecular flexibility index (Phi) is 5.80. The van der Waals surface area contributed by atoms with E-state index < -0.39 is 0 Å². The Morgan fingerprint density at radius 2 is 1.87 bits per heavy atom. The van der Waals surface area contributed by atoms with Crippen molar-refractivity contribution in [1.29, 1.82) is 0 Å². The minimum Gasteiger partial charge on any atom is -0.347 e. The van der Waals surface area contributed by atoms with Gasteiger partial charge in [0.15, 0.2) is 0 Å². The lowest BCUT2D eigenvalue weighted by Crippen LogP contribution is -2.49. The van der Waals surface area contributed by atoms with Crippen LogP contribution in [0.2, 0.25) is 0 Å². The molecule has 0 radical (unpaired) electrons. The molecule has 0 saturated carbocycles. The molecule has 4 heterocycles. The Morgan fingerprint density at radius 3 is 2.65 bits per heavy atom. The van der Waals surface area contributed by atoms with Gasteiger partial charge in [-0.1, -0.05) is 42.4 Å². The summed E-state index contributed by atoms with van der Waals surface area (Å²) >= 11 is 1.66. The van der Waals surface area contributed by atoms with E-state index in [4.69, 9.17) is 5.10 Å². The molecule has 2 aliphatic rings. The summed E-state index contributed by atoms with van der Waals surface area (Å²) in [4.78, 5) is 23.1. The number of urea groups is 1. The van der Waals surface area contributed by atoms with Crippen molar-refractivity contribution in [3.63, 3.8) is 0 Å². The molecule has 2 saturated heterocycles. The monoisotopic (exact) mass is 438 g/mol. The number of anilines is 2. The van der Waals surface area contributed by atoms with Crippen molar-refractivity contribution in [2.75, 3.05) is 29.9 Å². The Bertz CT molecular complexity index is 992. The fourth-order valence-corrected chi connectivity index (χ4v) is 5.98. The Labute approximate surface area is 187 Å². The number of hydrogen-bond donors (Lipinski definition) is 1. The molecule has 0 bridgehead atoms. The molecule has 7 nitrogen and oxygen atoms in total. The third kappa shape index (κ3) is 4.39. The molecule has 164 valence electrons. The van der Waals surface area contributed by atoms with Gasteiger partial charge < -0.3 is 15.1 Å². The summed E-state index contributed by atoms with van der Waals surface area (Å²) in [6.07, 6.45) is 8.80. The number of aryl methyl sites for hydroxylation is 1. The molecule has 1 N–H and O–H groups in total. The third-order valence-corrected chi connectivity index (χ3v) is 7.58. The van der Waals surface area contributed by atoms with Gasteiger partial charge in [0.2, 0.25) is 10.1 Å². The molecule has 0 aliphatic carbocycles. The van der Waals surface area contributed by atoms with Crippen molar-refractivity contribution in [3.8, 4) is 0 Å². The zero-order chi connectivity index (χ0) is 21.2. The molecule has 2 aliphatic heterocycles. The highest BCUT2D eigenvalue weighted by Gasteiger charge is 2.34. The first-order valence-electron chi connectivity index (χ1n) is 11.4. The van der Waals surface area contributed by atoms with Crippen LogP contribution in [0.1, 0.15) is 44.2 Å². The highest BCUT2D eigenvalue weighted by molar-refractivity contribution is 7.20. The molecule has 5 rings (SSSR count). The van der Waals surface area contributed by atoms with Crippen LogP contribution < -0.4 is 10.2 Å². The maximum atomic E-state index is 13.1. The summed E-state index contributed by atoms with van der Waals surface area (Å²) in [5, 5.41) is 8.90. The van der Waals surface area contributed by atoms with Gasteiger partial charge in [0, 0.05) is 31.4 Å². The van der Waals surface area contributed by atoms with Crippen LogP contribution in [0.4, 0.5) is 15.6 Å². The number of hydrogen-bond acceptors (Lipinski definition) is 5. The largest absolute Gasteiger partial charge is 0.347 e. The molecular formula is C23H30N6OS. The Balaban J connectivity index is 1.25. The first-order valence-corrected chi connectivity index (χ1v) is 12.2. The molecule has 3 aromatic rings. The number of carbonyl (C=O) groups is 1. The highest BCUT2D eigenvalue weighted by atomic mass is 32.1. The maximum absolute atomic E-state index is 13.1. The second-order valence-corrected chi connectivity index (χ2v) is 9.66. The molecular weight excluding hydrogens is 408 g/mol. The van der Waals surface area contributed by atoms with E-state index >= 15 is 0 Å². The van der Waals surface area contributed by atoms with E-state index in [9.17, 15) is 4.79 Å². The van der Waals surface area contributed by atoms with Crippen LogP contribution in [0.15, 0.2) is 36.5 Å². The van der Waals surface area contributed by atoms with Crippen molar-refractivity contribution >= 4 is 33.1 Å². The fourth-order valence-electron chi connectivity index (χ4n) is 5.00. The number of fused-ring (bicyclic) bond motifs is 1. The normalized spacial score (nSPS) is 20.7. The van der Waals surface area contributed by atoms with E-state index in [1.807, 2.05) is 48.0 Å². The van der Waals surface area contributed by atoms with Gasteiger partial charge in [-0.05, 0) is 50.7 Å². The van der Waals surface area contributed by atoms with Gasteiger partial charge in [-0.3, -0.25) is 0 Å². The van der Waals surface area contributed by atoms with E-state index in [0.717, 1.165) is 66.8 Å². The number of para-hydroxylation sites is 1. The minimum atomic E-state index is 0.0528. The van der Waals surface area contributed by atoms with E-state index in [1.54, 1.807) is 11.3 Å². The average molecular weight is 439 g/mol. The number of imidazole rings is 1. The number of piperidine rings is 1. The molecule has 1 aromatic carbocycles. The standard InChI is InChI=1S/C23H30N6OS/c1-17-16-29-22(24-17)31-23(26-29)27-14-11-18(12-15-27)20-10-6-3-7-13-28(20)21(30)25-19-8-4-2-5-9-19/h2,4-5,8-9,16,18,20H,3,6-7,10-15H2,1H3,(H,25,30)/t20-/m0/s1. The van der Waals surface area contributed by atoms with E-state index in [0.29, 0.717) is 12.0 Å². The van der Waals surface area contributed by atoms with Crippen LogP contribution in [-0.4, -0.2) is 51.2 Å². The summed E-state index contributed by atoms with van der Waals surface area (Å²) < 4.78 is 1.89. The lowest BCUT2D eigenvalue weighted by molar-refractivity contribution is 0.146. The lowest BCUT2D eigenvalue weighted by atomic mass is 9.86. The van der Waals surface area contributed by atoms with Crippen LogP contribution in [0.3, 0.4) is 0 Å². The molecule has 2 aromatic heterocycles. The van der Waals surface area contributed by atoms with Gasteiger partial charge in [0.1, 0.15) is 0 Å². The highest BCUT2D eigenvalue weighted by Crippen LogP contribution is 2.33. The summed E-state index contributed by atoms with van der Waals surface area (Å²) in [5.41, 5.74) is 1.88. The fraction of sp³-hybridized carbons (Fsp3) is 0.522. The summed E-state index contributed by atoms with van der Waals surface area (Å²) in [5.74, 6) is 0.544. The number of benzene rings is 1. The van der Waals surface area contributed by atoms with Crippen LogP contribution in [0.25, 0.3) is 4.96 Å². The number of nitrogens with zero attached hydrogens (tertiary/aromatic N) is 5. The van der Waals surface area contributed by atoms with Crippen LogP contribution in [0, 0.1) is 12.8 Å². The van der Waals surface area contributed by atoms with Crippen LogP contribution in [0.5, 0.6) is 0 Å². The Morgan fingerprint density at radius 1 is 1.06 bits per heavy atom. The number of aromatic nitrogens is 3. The smallest absolute Gasteiger partial charge is 0.322 e. The predicted molar refractivity (Wildman–Crippen MR) is 125 cm³/mol. The zero-order valence-corrected chi connectivity index (χ0v) is 18.9. The van der Waals surface area contributed by atoms with Gasteiger partial charge in [-0.25, -0.2) is 14.3 Å². The second kappa shape index (κ2) is 8.86. The summed E-state index contributed by atoms with van der Waals surface area (Å²) in [6.45, 7) is 4.83. The quantitative estimate of drug-likeness (QED) is 0.638. The predicted octanol–water partition coefficient (Wildman–Crippen LogP) is 4.79. The van der Waals surface area contributed by atoms with Gasteiger partial charge in [0.25, 0.3) is 0 Å². The molecule has 1 atom stereocenters. The van der Waals surface area contributed by atoms with Gasteiger partial charge >= 0.3 is 6.03 Å². The van der Waals surface area contributed by atoms with Gasteiger partial charge in [-0.15, -0.1) is 5.10 Å². The molecule has 2 fully saturated rings. The zero-order valence-electron chi connectivity index (χ0n) is 18.0. The number of rotatable bonds is 3. The molecule has 2 amide bonds. The Hall–Kier alpha value is -2.61. The first kappa shape index (κ1) is 20.3. The number of likely N-dealkylation sites (tertiary alicyclic amines) is 1. The topological polar surface area (TPSA) is 65.8 Å². The number of nitrogens with one attached hydrogen (secondary N) is 1. The average Bonchev–Trinajstić information content (AvgIpc) is 3.21. The van der Waals surface area contributed by atoms with Crippen molar-refractivity contribution in [3.05, 3.63) is 42.2 Å². The number of carbonyl (C=O) groups excluding carboxylic acids is 1. The van der Waals surface area contributed by atoms with Crippen molar-refractivity contribution in [2.45, 2.75) is 51.5 Å². The van der Waals surface area contributed by atoms with E-state index in [2.05, 4.69) is 20.1 Å². The molecule has 8 heteroatoms. The third-order valence-electron chi connectivity index (χ3n) is 6.59. The van der Waals surface area contributed by atoms with Crippen molar-refractivity contribution in [2.24, 2.45) is 5.92 Å². The SMILES string of the molecule is Cc1cn2nc(N3CCC([C@@H]4CCCCCN4C(=O)Nc4ccccc4)CC3)sc2n1. The van der Waals surface area contributed by atoms with Crippen LogP contribution in [-0.2, 0) is 0 Å². The minimum absolute atomic E-state index is 0.0528. The first-order chi connectivity index (χ1) is 15.2. The van der Waals surface area contributed by atoms with E-state index in [-0.39, 0.29) is 6.03 Å². The number of amides is 2. The molecule has 0 spiro atoms.